The van der Waals surface area contributed by atoms with Gasteiger partial charge in [0.25, 0.3) is 10.0 Å². The van der Waals surface area contributed by atoms with Crippen LogP contribution in [0.25, 0.3) is 0 Å². The lowest BCUT2D eigenvalue weighted by molar-refractivity contribution is 0.253. The maximum atomic E-state index is 13.3. The molecule has 5 nitrogen and oxygen atoms in total. The van der Waals surface area contributed by atoms with Crippen LogP contribution in [0.3, 0.4) is 0 Å². The van der Waals surface area contributed by atoms with E-state index in [1.54, 1.807) is 60.7 Å². The third-order valence-corrected chi connectivity index (χ3v) is 6.56. The zero-order chi connectivity index (χ0) is 19.9. The number of amides is 2. The number of para-hydroxylation sites is 1. The number of halogens is 1. The van der Waals surface area contributed by atoms with Crippen molar-refractivity contribution in [3.8, 4) is 0 Å². The molecule has 3 aromatic carbocycles. The Morgan fingerprint density at radius 2 is 1.64 bits per heavy atom. The first-order chi connectivity index (χ1) is 13.4. The monoisotopic (exact) mass is 412 g/mol. The number of nitrogens with zero attached hydrogens (tertiary/aromatic N) is 2. The summed E-state index contributed by atoms with van der Waals surface area (Å²) in [5, 5.41) is 0.554. The van der Waals surface area contributed by atoms with Gasteiger partial charge in [-0.1, -0.05) is 53.6 Å². The van der Waals surface area contributed by atoms with E-state index in [9.17, 15) is 13.2 Å². The van der Waals surface area contributed by atoms with Crippen molar-refractivity contribution in [1.82, 2.24) is 0 Å². The van der Waals surface area contributed by atoms with Crippen molar-refractivity contribution < 1.29 is 13.2 Å². The number of hydrogen-bond acceptors (Lipinski definition) is 3. The fourth-order valence-corrected chi connectivity index (χ4v) is 5.02. The lowest BCUT2D eigenvalue weighted by atomic mass is 10.2. The third kappa shape index (κ3) is 3.15. The van der Waals surface area contributed by atoms with Gasteiger partial charge in [0.2, 0.25) is 0 Å². The van der Waals surface area contributed by atoms with Crippen LogP contribution in [-0.2, 0) is 16.6 Å². The molecular formula is C21H17ClN2O3S. The lowest BCUT2D eigenvalue weighted by Gasteiger charge is -2.36. The SMILES string of the molecule is Cc1ccc(N2C(=O)N(Cc3cccc(Cl)c3)c3ccccc3S2(=O)=O)cc1. The Morgan fingerprint density at radius 3 is 2.36 bits per heavy atom. The lowest BCUT2D eigenvalue weighted by Crippen LogP contribution is -2.50. The molecule has 7 heteroatoms. The second-order valence-electron chi connectivity index (χ2n) is 6.57. The fraction of sp³-hybridized carbons (Fsp3) is 0.0952. The molecule has 2 amide bonds. The minimum Gasteiger partial charge on any atom is -0.287 e. The summed E-state index contributed by atoms with van der Waals surface area (Å²) in [7, 11) is -4.02. The molecule has 142 valence electrons. The van der Waals surface area contributed by atoms with Gasteiger partial charge < -0.3 is 0 Å². The van der Waals surface area contributed by atoms with Crippen LogP contribution in [0.1, 0.15) is 11.1 Å². The van der Waals surface area contributed by atoms with Crippen molar-refractivity contribution in [2.24, 2.45) is 0 Å². The number of carbonyl (C=O) groups excluding carboxylic acids is 1. The minimum absolute atomic E-state index is 0.0946. The highest BCUT2D eigenvalue weighted by Crippen LogP contribution is 2.38. The van der Waals surface area contributed by atoms with Gasteiger partial charge in [-0.2, -0.15) is 4.31 Å². The van der Waals surface area contributed by atoms with Gasteiger partial charge >= 0.3 is 6.03 Å². The van der Waals surface area contributed by atoms with Crippen molar-refractivity contribution in [3.05, 3.63) is 88.9 Å². The smallest absolute Gasteiger partial charge is 0.287 e. The Bertz CT molecular complexity index is 1160. The quantitative estimate of drug-likeness (QED) is 0.609. The Balaban J connectivity index is 1.86. The van der Waals surface area contributed by atoms with E-state index in [4.69, 9.17) is 11.6 Å². The predicted molar refractivity (Wildman–Crippen MR) is 110 cm³/mol. The van der Waals surface area contributed by atoms with Crippen LogP contribution in [0.4, 0.5) is 16.2 Å². The van der Waals surface area contributed by atoms with Crippen LogP contribution in [0.15, 0.2) is 77.7 Å². The molecule has 1 aliphatic heterocycles. The van der Waals surface area contributed by atoms with Gasteiger partial charge in [-0.15, -0.1) is 0 Å². The van der Waals surface area contributed by atoms with E-state index in [-0.39, 0.29) is 11.4 Å². The number of benzene rings is 3. The van der Waals surface area contributed by atoms with Gasteiger partial charge in [-0.05, 0) is 48.9 Å². The molecular weight excluding hydrogens is 396 g/mol. The largest absolute Gasteiger partial charge is 0.343 e. The van der Waals surface area contributed by atoms with Gasteiger partial charge in [0, 0.05) is 5.02 Å². The van der Waals surface area contributed by atoms with Crippen molar-refractivity contribution in [1.29, 1.82) is 0 Å². The predicted octanol–water partition coefficient (Wildman–Crippen LogP) is 4.98. The highest BCUT2D eigenvalue weighted by Gasteiger charge is 2.42. The molecule has 0 unspecified atom stereocenters. The maximum absolute atomic E-state index is 13.3. The number of hydrogen-bond donors (Lipinski definition) is 0. The van der Waals surface area contributed by atoms with Crippen LogP contribution >= 0.6 is 11.6 Å². The average molecular weight is 413 g/mol. The zero-order valence-corrected chi connectivity index (χ0v) is 16.6. The molecule has 0 spiro atoms. The summed E-state index contributed by atoms with van der Waals surface area (Å²) in [6.07, 6.45) is 0. The van der Waals surface area contributed by atoms with Gasteiger partial charge in [0.15, 0.2) is 0 Å². The van der Waals surface area contributed by atoms with E-state index in [2.05, 4.69) is 0 Å². The number of anilines is 2. The van der Waals surface area contributed by atoms with Crippen molar-refractivity contribution in [2.45, 2.75) is 18.4 Å². The van der Waals surface area contributed by atoms with Crippen LogP contribution in [0.5, 0.6) is 0 Å². The van der Waals surface area contributed by atoms with Gasteiger partial charge in [-0.3, -0.25) is 4.90 Å². The Labute approximate surface area is 168 Å². The summed E-state index contributed by atoms with van der Waals surface area (Å²) in [4.78, 5) is 14.9. The molecule has 0 aliphatic carbocycles. The Kier molecular flexibility index (Phi) is 4.61. The topological polar surface area (TPSA) is 57.7 Å². The standard InChI is InChI=1S/C21H17ClN2O3S/c1-15-9-11-18(12-10-15)24-21(25)23(14-16-5-4-6-17(22)13-16)19-7-2-3-8-20(19)28(24,26)27/h2-13H,14H2,1H3. The first-order valence-corrected chi connectivity index (χ1v) is 10.5. The van der Waals surface area contributed by atoms with Crippen LogP contribution in [-0.4, -0.2) is 14.4 Å². The van der Waals surface area contributed by atoms with Crippen LogP contribution in [0, 0.1) is 6.92 Å². The molecule has 0 radical (unpaired) electrons. The summed E-state index contributed by atoms with van der Waals surface area (Å²) in [5.74, 6) is 0. The average Bonchev–Trinajstić information content (AvgIpc) is 2.67. The van der Waals surface area contributed by atoms with E-state index in [0.29, 0.717) is 16.4 Å². The summed E-state index contributed by atoms with van der Waals surface area (Å²) in [6.45, 7) is 2.10. The van der Waals surface area contributed by atoms with E-state index < -0.39 is 16.1 Å². The molecule has 0 bridgehead atoms. The highest BCUT2D eigenvalue weighted by atomic mass is 35.5. The minimum atomic E-state index is -4.02. The maximum Gasteiger partial charge on any atom is 0.343 e. The third-order valence-electron chi connectivity index (χ3n) is 4.58. The second kappa shape index (κ2) is 6.96. The zero-order valence-electron chi connectivity index (χ0n) is 15.0. The van der Waals surface area contributed by atoms with E-state index >= 15 is 0 Å². The van der Waals surface area contributed by atoms with E-state index in [1.165, 1.54) is 11.0 Å². The molecule has 3 aromatic rings. The molecule has 1 heterocycles. The number of fused-ring (bicyclic) bond motifs is 1. The number of urea groups is 1. The Morgan fingerprint density at radius 1 is 0.929 bits per heavy atom. The molecule has 28 heavy (non-hydrogen) atoms. The number of rotatable bonds is 3. The summed E-state index contributed by atoms with van der Waals surface area (Å²) in [6, 6.07) is 19.9. The molecule has 0 atom stereocenters. The summed E-state index contributed by atoms with van der Waals surface area (Å²) < 4.78 is 27.3. The van der Waals surface area contributed by atoms with Crippen molar-refractivity contribution in [2.75, 3.05) is 9.21 Å². The molecule has 0 saturated carbocycles. The number of carbonyl (C=O) groups is 1. The molecule has 0 N–H and O–H groups in total. The second-order valence-corrected chi connectivity index (χ2v) is 8.76. The number of sulfonamides is 1. The normalized spacial score (nSPS) is 15.4. The van der Waals surface area contributed by atoms with Gasteiger partial charge in [0.1, 0.15) is 4.90 Å². The van der Waals surface area contributed by atoms with Crippen molar-refractivity contribution >= 4 is 39.0 Å². The van der Waals surface area contributed by atoms with Crippen LogP contribution < -0.4 is 9.21 Å². The summed E-state index contributed by atoms with van der Waals surface area (Å²) >= 11 is 6.07. The van der Waals surface area contributed by atoms with Crippen LogP contribution in [0.2, 0.25) is 5.02 Å². The van der Waals surface area contributed by atoms with E-state index in [1.807, 2.05) is 13.0 Å². The molecule has 1 aliphatic rings. The van der Waals surface area contributed by atoms with Gasteiger partial charge in [0.05, 0.1) is 17.9 Å². The molecule has 0 aromatic heterocycles. The highest BCUT2D eigenvalue weighted by molar-refractivity contribution is 7.94. The number of aryl methyl sites for hydroxylation is 1. The first-order valence-electron chi connectivity index (χ1n) is 8.65. The van der Waals surface area contributed by atoms with Crippen molar-refractivity contribution in [3.63, 3.8) is 0 Å². The Hall–Kier alpha value is -2.83. The fourth-order valence-electron chi connectivity index (χ4n) is 3.21. The molecule has 4 rings (SSSR count). The first kappa shape index (κ1) is 18.5. The summed E-state index contributed by atoms with van der Waals surface area (Å²) in [5.41, 5.74) is 2.44. The van der Waals surface area contributed by atoms with E-state index in [0.717, 1.165) is 15.4 Å². The molecule has 0 saturated heterocycles. The molecule has 0 fully saturated rings. The van der Waals surface area contributed by atoms with Gasteiger partial charge in [-0.25, -0.2) is 13.2 Å².